The Morgan fingerprint density at radius 1 is 1.00 bits per heavy atom. The summed E-state index contributed by atoms with van der Waals surface area (Å²) in [7, 11) is 0. The van der Waals surface area contributed by atoms with Crippen LogP contribution in [-0.2, 0) is 6.42 Å². The van der Waals surface area contributed by atoms with Gasteiger partial charge in [-0.3, -0.25) is 0 Å². The summed E-state index contributed by atoms with van der Waals surface area (Å²) in [5, 5.41) is 1.14. The number of nitrogens with two attached hydrogens (primary N) is 1. The summed E-state index contributed by atoms with van der Waals surface area (Å²) in [4.78, 5) is 0. The molecule has 1 heterocycles. The number of hydrogen-bond acceptors (Lipinski definition) is 2. The second-order valence-corrected chi connectivity index (χ2v) is 5.51. The van der Waals surface area contributed by atoms with Gasteiger partial charge in [0.2, 0.25) is 0 Å². The van der Waals surface area contributed by atoms with Gasteiger partial charge in [-0.05, 0) is 11.6 Å². The van der Waals surface area contributed by atoms with Gasteiger partial charge in [0, 0.05) is 29.3 Å². The van der Waals surface area contributed by atoms with Crippen LogP contribution < -0.4 is 5.73 Å². The van der Waals surface area contributed by atoms with Crippen LogP contribution in [0.25, 0.3) is 11.0 Å². The van der Waals surface area contributed by atoms with E-state index < -0.39 is 0 Å². The van der Waals surface area contributed by atoms with Crippen molar-refractivity contribution in [2.45, 2.75) is 32.2 Å². The predicted octanol–water partition coefficient (Wildman–Crippen LogP) is 4.80. The molecule has 3 rings (SSSR count). The summed E-state index contributed by atoms with van der Waals surface area (Å²) < 4.78 is 5.98. The zero-order chi connectivity index (χ0) is 14.8. The lowest BCUT2D eigenvalue weighted by atomic mass is 9.87. The van der Waals surface area contributed by atoms with E-state index in [-0.39, 0.29) is 12.0 Å². The molecule has 1 aromatic heterocycles. The SMILES string of the molecule is CCc1oc2ccccc2c1C(N)C(C)c1ccccc1. The lowest BCUT2D eigenvalue weighted by Gasteiger charge is -2.21. The third-order valence-corrected chi connectivity index (χ3v) is 4.23. The first-order chi connectivity index (χ1) is 10.2. The number of hydrogen-bond donors (Lipinski definition) is 1. The van der Waals surface area contributed by atoms with Gasteiger partial charge in [-0.25, -0.2) is 0 Å². The molecule has 2 unspecified atom stereocenters. The van der Waals surface area contributed by atoms with Crippen LogP contribution in [0.2, 0.25) is 0 Å². The van der Waals surface area contributed by atoms with Crippen molar-refractivity contribution in [3.05, 3.63) is 71.5 Å². The molecule has 0 bridgehead atoms. The molecule has 2 N–H and O–H groups in total. The summed E-state index contributed by atoms with van der Waals surface area (Å²) in [6, 6.07) is 18.5. The number of fused-ring (bicyclic) bond motifs is 1. The third kappa shape index (κ3) is 2.47. The molecule has 2 heteroatoms. The summed E-state index contributed by atoms with van der Waals surface area (Å²) in [5.74, 6) is 1.25. The second kappa shape index (κ2) is 5.74. The average molecular weight is 279 g/mol. The van der Waals surface area contributed by atoms with Crippen LogP contribution in [0.4, 0.5) is 0 Å². The van der Waals surface area contributed by atoms with Crippen molar-refractivity contribution in [2.75, 3.05) is 0 Å². The molecule has 0 amide bonds. The van der Waals surface area contributed by atoms with Crippen molar-refractivity contribution < 1.29 is 4.42 Å². The van der Waals surface area contributed by atoms with Gasteiger partial charge in [0.25, 0.3) is 0 Å². The largest absolute Gasteiger partial charge is 0.461 e. The minimum Gasteiger partial charge on any atom is -0.461 e. The molecular formula is C19H21NO. The van der Waals surface area contributed by atoms with Crippen molar-refractivity contribution in [1.82, 2.24) is 0 Å². The maximum Gasteiger partial charge on any atom is 0.134 e. The topological polar surface area (TPSA) is 39.2 Å². The van der Waals surface area contributed by atoms with Crippen LogP contribution >= 0.6 is 0 Å². The third-order valence-electron chi connectivity index (χ3n) is 4.23. The highest BCUT2D eigenvalue weighted by molar-refractivity contribution is 5.83. The van der Waals surface area contributed by atoms with E-state index in [1.165, 1.54) is 5.56 Å². The van der Waals surface area contributed by atoms with Crippen molar-refractivity contribution in [2.24, 2.45) is 5.73 Å². The lowest BCUT2D eigenvalue weighted by Crippen LogP contribution is -2.18. The van der Waals surface area contributed by atoms with Crippen molar-refractivity contribution >= 4 is 11.0 Å². The fourth-order valence-corrected chi connectivity index (χ4v) is 2.96. The van der Waals surface area contributed by atoms with Crippen LogP contribution in [0.1, 0.15) is 42.7 Å². The molecule has 2 atom stereocenters. The summed E-state index contributed by atoms with van der Waals surface area (Å²) in [5.41, 5.74) is 9.95. The van der Waals surface area contributed by atoms with Gasteiger partial charge in [-0.15, -0.1) is 0 Å². The van der Waals surface area contributed by atoms with Crippen LogP contribution in [0.5, 0.6) is 0 Å². The summed E-state index contributed by atoms with van der Waals surface area (Å²) in [6.45, 7) is 4.29. The Morgan fingerprint density at radius 3 is 2.38 bits per heavy atom. The van der Waals surface area contributed by atoms with E-state index in [4.69, 9.17) is 10.2 Å². The Labute approximate surface area is 125 Å². The average Bonchev–Trinajstić information content (AvgIpc) is 2.92. The Balaban J connectivity index is 2.07. The normalized spacial score (nSPS) is 14.2. The standard InChI is InChI=1S/C19H21NO/c1-3-16-18(15-11-7-8-12-17(15)21-16)19(20)13(2)14-9-5-4-6-10-14/h4-13,19H,3,20H2,1-2H3. The smallest absolute Gasteiger partial charge is 0.134 e. The number of furan rings is 1. The second-order valence-electron chi connectivity index (χ2n) is 5.51. The highest BCUT2D eigenvalue weighted by Crippen LogP contribution is 2.36. The Hall–Kier alpha value is -2.06. The Bertz CT molecular complexity index is 730. The van der Waals surface area contributed by atoms with Gasteiger partial charge in [0.1, 0.15) is 11.3 Å². The molecule has 0 aliphatic heterocycles. The lowest BCUT2D eigenvalue weighted by molar-refractivity contribution is 0.524. The Kier molecular flexibility index (Phi) is 3.80. The number of rotatable bonds is 4. The van der Waals surface area contributed by atoms with Crippen molar-refractivity contribution in [3.63, 3.8) is 0 Å². The predicted molar refractivity (Wildman–Crippen MR) is 87.4 cm³/mol. The minimum absolute atomic E-state index is 0.0639. The van der Waals surface area contributed by atoms with Gasteiger partial charge in [0.15, 0.2) is 0 Å². The van der Waals surface area contributed by atoms with Crippen LogP contribution in [0, 0.1) is 0 Å². The monoisotopic (exact) mass is 279 g/mol. The van der Waals surface area contributed by atoms with E-state index >= 15 is 0 Å². The van der Waals surface area contributed by atoms with Gasteiger partial charge in [-0.1, -0.05) is 62.4 Å². The molecular weight excluding hydrogens is 258 g/mol. The molecule has 0 saturated heterocycles. The number of para-hydroxylation sites is 1. The van der Waals surface area contributed by atoms with Gasteiger partial charge in [-0.2, -0.15) is 0 Å². The van der Waals surface area contributed by atoms with Crippen LogP contribution in [0.3, 0.4) is 0 Å². The van der Waals surface area contributed by atoms with Gasteiger partial charge >= 0.3 is 0 Å². The first kappa shape index (κ1) is 13.9. The summed E-state index contributed by atoms with van der Waals surface area (Å²) in [6.07, 6.45) is 0.860. The van der Waals surface area contributed by atoms with E-state index in [9.17, 15) is 0 Å². The highest BCUT2D eigenvalue weighted by atomic mass is 16.3. The van der Waals surface area contributed by atoms with E-state index in [1.807, 2.05) is 24.3 Å². The fraction of sp³-hybridized carbons (Fsp3) is 0.263. The molecule has 108 valence electrons. The molecule has 2 aromatic carbocycles. The highest BCUT2D eigenvalue weighted by Gasteiger charge is 2.24. The van der Waals surface area contributed by atoms with Gasteiger partial charge in [0.05, 0.1) is 0 Å². The maximum absolute atomic E-state index is 6.60. The molecule has 0 fully saturated rings. The van der Waals surface area contributed by atoms with E-state index in [2.05, 4.69) is 44.2 Å². The maximum atomic E-state index is 6.60. The van der Waals surface area contributed by atoms with E-state index in [1.54, 1.807) is 0 Å². The van der Waals surface area contributed by atoms with E-state index in [0.29, 0.717) is 0 Å². The molecule has 0 aliphatic rings. The van der Waals surface area contributed by atoms with E-state index in [0.717, 1.165) is 28.7 Å². The molecule has 0 saturated carbocycles. The van der Waals surface area contributed by atoms with Crippen LogP contribution in [-0.4, -0.2) is 0 Å². The molecule has 3 aromatic rings. The van der Waals surface area contributed by atoms with Crippen molar-refractivity contribution in [3.8, 4) is 0 Å². The minimum atomic E-state index is -0.0639. The van der Waals surface area contributed by atoms with Crippen molar-refractivity contribution in [1.29, 1.82) is 0 Å². The Morgan fingerprint density at radius 2 is 1.67 bits per heavy atom. The van der Waals surface area contributed by atoms with Gasteiger partial charge < -0.3 is 10.2 Å². The fourth-order valence-electron chi connectivity index (χ4n) is 2.96. The quantitative estimate of drug-likeness (QED) is 0.745. The first-order valence-electron chi connectivity index (χ1n) is 7.53. The number of benzene rings is 2. The first-order valence-corrected chi connectivity index (χ1v) is 7.53. The molecule has 2 nitrogen and oxygen atoms in total. The molecule has 21 heavy (non-hydrogen) atoms. The molecule has 0 aliphatic carbocycles. The number of aryl methyl sites for hydroxylation is 1. The molecule has 0 spiro atoms. The molecule has 0 radical (unpaired) electrons. The summed E-state index contributed by atoms with van der Waals surface area (Å²) >= 11 is 0. The van der Waals surface area contributed by atoms with Crippen LogP contribution in [0.15, 0.2) is 59.0 Å². The zero-order valence-electron chi connectivity index (χ0n) is 12.5. The zero-order valence-corrected chi connectivity index (χ0v) is 12.5.